The molecule has 0 spiro atoms. The molecule has 0 saturated heterocycles. The number of hydrogen-bond donors (Lipinski definition) is 3. The molecule has 3 rings (SSSR count). The number of amides is 2. The van der Waals surface area contributed by atoms with Gasteiger partial charge in [-0.15, -0.1) is 0 Å². The number of alkyl halides is 3. The lowest BCUT2D eigenvalue weighted by Crippen LogP contribution is -2.21. The first kappa shape index (κ1) is 25.8. The average Bonchev–Trinajstić information content (AvgIpc) is 2.77. The first-order chi connectivity index (χ1) is 16.5. The van der Waals surface area contributed by atoms with Crippen LogP contribution >= 0.6 is 0 Å². The van der Waals surface area contributed by atoms with Crippen molar-refractivity contribution in [3.05, 3.63) is 76.0 Å². The molecule has 1 aromatic heterocycles. The number of halogens is 4. The van der Waals surface area contributed by atoms with Crippen molar-refractivity contribution in [2.45, 2.75) is 19.6 Å². The highest BCUT2D eigenvalue weighted by Crippen LogP contribution is 2.34. The Labute approximate surface area is 198 Å². The third-order valence-electron chi connectivity index (χ3n) is 4.88. The van der Waals surface area contributed by atoms with E-state index in [9.17, 15) is 27.2 Å². The van der Waals surface area contributed by atoms with Gasteiger partial charge in [-0.25, -0.2) is 9.18 Å². The molecule has 3 N–H and O–H groups in total. The summed E-state index contributed by atoms with van der Waals surface area (Å²) >= 11 is 0. The van der Waals surface area contributed by atoms with Gasteiger partial charge in [0.05, 0.1) is 17.9 Å². The summed E-state index contributed by atoms with van der Waals surface area (Å²) in [6, 6.07) is 7.99. The van der Waals surface area contributed by atoms with Gasteiger partial charge in [0.2, 0.25) is 0 Å². The van der Waals surface area contributed by atoms with Crippen LogP contribution in [0.5, 0.6) is 5.75 Å². The standard InChI is InChI=1S/C24H24F4N4O3/c1-4-35-21-10-16(12-29-22(21)33)14-6-8-20(19(25)9-14)31-23(34)30-17-7-5-15(13-32(2)3)18(11-17)24(26,27)28/h5-12H,4,13H2,1-3H3,(H,29,33)(H2,30,31,34). The molecular weight excluding hydrogens is 468 g/mol. The zero-order chi connectivity index (χ0) is 25.8. The van der Waals surface area contributed by atoms with Gasteiger partial charge >= 0.3 is 12.2 Å². The van der Waals surface area contributed by atoms with E-state index in [1.165, 1.54) is 36.5 Å². The Morgan fingerprint density at radius 3 is 2.43 bits per heavy atom. The Kier molecular flexibility index (Phi) is 7.80. The second-order valence-corrected chi connectivity index (χ2v) is 7.90. The van der Waals surface area contributed by atoms with Gasteiger partial charge < -0.3 is 25.3 Å². The van der Waals surface area contributed by atoms with Crippen LogP contribution in [0, 0.1) is 5.82 Å². The third-order valence-corrected chi connectivity index (χ3v) is 4.88. The van der Waals surface area contributed by atoms with E-state index in [0.29, 0.717) is 11.1 Å². The van der Waals surface area contributed by atoms with Crippen LogP contribution in [0.3, 0.4) is 0 Å². The number of H-pyrrole nitrogens is 1. The Bertz CT molecular complexity index is 1270. The maximum Gasteiger partial charge on any atom is 0.416 e. The molecule has 0 aliphatic heterocycles. The van der Waals surface area contributed by atoms with Crippen molar-refractivity contribution in [3.8, 4) is 16.9 Å². The molecule has 186 valence electrons. The molecule has 0 unspecified atom stereocenters. The summed E-state index contributed by atoms with van der Waals surface area (Å²) in [5.74, 6) is -0.694. The highest BCUT2D eigenvalue weighted by atomic mass is 19.4. The monoisotopic (exact) mass is 492 g/mol. The molecule has 2 aromatic carbocycles. The zero-order valence-electron chi connectivity index (χ0n) is 19.2. The van der Waals surface area contributed by atoms with E-state index in [1.54, 1.807) is 25.9 Å². The van der Waals surface area contributed by atoms with Crippen molar-refractivity contribution >= 4 is 17.4 Å². The summed E-state index contributed by atoms with van der Waals surface area (Å²) in [6.45, 7) is 2.07. The Morgan fingerprint density at radius 1 is 1.06 bits per heavy atom. The zero-order valence-corrected chi connectivity index (χ0v) is 19.2. The second-order valence-electron chi connectivity index (χ2n) is 7.90. The van der Waals surface area contributed by atoms with Gasteiger partial charge in [-0.1, -0.05) is 12.1 Å². The quantitative estimate of drug-likeness (QED) is 0.391. The highest BCUT2D eigenvalue weighted by Gasteiger charge is 2.33. The smallest absolute Gasteiger partial charge is 0.416 e. The number of aromatic amines is 1. The van der Waals surface area contributed by atoms with E-state index in [1.807, 2.05) is 0 Å². The van der Waals surface area contributed by atoms with Crippen molar-refractivity contribution in [3.63, 3.8) is 0 Å². The van der Waals surface area contributed by atoms with E-state index >= 15 is 0 Å². The summed E-state index contributed by atoms with van der Waals surface area (Å²) < 4.78 is 60.3. The number of anilines is 2. The van der Waals surface area contributed by atoms with Crippen molar-refractivity contribution in [1.29, 1.82) is 0 Å². The molecule has 1 heterocycles. The first-order valence-corrected chi connectivity index (χ1v) is 10.6. The minimum atomic E-state index is -4.61. The number of rotatable bonds is 7. The van der Waals surface area contributed by atoms with E-state index in [0.717, 1.165) is 12.1 Å². The predicted molar refractivity (Wildman–Crippen MR) is 125 cm³/mol. The summed E-state index contributed by atoms with van der Waals surface area (Å²) in [7, 11) is 3.29. The average molecular weight is 492 g/mol. The largest absolute Gasteiger partial charge is 0.488 e. The summed E-state index contributed by atoms with van der Waals surface area (Å²) in [4.78, 5) is 28.2. The molecule has 0 aliphatic rings. The lowest BCUT2D eigenvalue weighted by molar-refractivity contribution is -0.138. The van der Waals surface area contributed by atoms with Crippen LogP contribution in [0.2, 0.25) is 0 Å². The maximum atomic E-state index is 14.7. The number of hydrogen-bond acceptors (Lipinski definition) is 4. The molecule has 0 bridgehead atoms. The molecule has 2 amide bonds. The van der Waals surface area contributed by atoms with Gasteiger partial charge in [-0.3, -0.25) is 4.79 Å². The van der Waals surface area contributed by atoms with E-state index in [2.05, 4.69) is 15.6 Å². The Morgan fingerprint density at radius 2 is 1.80 bits per heavy atom. The van der Waals surface area contributed by atoms with Crippen molar-refractivity contribution < 1.29 is 27.1 Å². The third kappa shape index (κ3) is 6.60. The number of aromatic nitrogens is 1. The van der Waals surface area contributed by atoms with Crippen LogP contribution in [-0.4, -0.2) is 36.6 Å². The van der Waals surface area contributed by atoms with Crippen LogP contribution in [0.25, 0.3) is 11.1 Å². The molecule has 7 nitrogen and oxygen atoms in total. The number of ether oxygens (including phenoxy) is 1. The molecule has 0 fully saturated rings. The number of nitrogens with one attached hydrogen (secondary N) is 3. The van der Waals surface area contributed by atoms with Gasteiger partial charge in [0.15, 0.2) is 5.75 Å². The molecule has 3 aromatic rings. The fourth-order valence-electron chi connectivity index (χ4n) is 3.37. The first-order valence-electron chi connectivity index (χ1n) is 10.6. The van der Waals surface area contributed by atoms with Gasteiger partial charge in [0.1, 0.15) is 5.82 Å². The number of urea groups is 1. The summed E-state index contributed by atoms with van der Waals surface area (Å²) in [6.07, 6.45) is -3.21. The van der Waals surface area contributed by atoms with Crippen LogP contribution in [-0.2, 0) is 12.7 Å². The normalized spacial score (nSPS) is 11.4. The minimum absolute atomic E-state index is 0.0600. The summed E-state index contributed by atoms with van der Waals surface area (Å²) in [5, 5.41) is 4.58. The van der Waals surface area contributed by atoms with E-state index in [4.69, 9.17) is 4.74 Å². The minimum Gasteiger partial charge on any atom is -0.488 e. The molecule has 0 saturated carbocycles. The highest BCUT2D eigenvalue weighted by molar-refractivity contribution is 6.00. The van der Waals surface area contributed by atoms with Crippen LogP contribution in [0.1, 0.15) is 18.1 Å². The summed E-state index contributed by atoms with van der Waals surface area (Å²) in [5.41, 5.74) is -0.601. The van der Waals surface area contributed by atoms with Gasteiger partial charge in [-0.2, -0.15) is 13.2 Å². The molecule has 0 aliphatic carbocycles. The number of nitrogens with zero attached hydrogens (tertiary/aromatic N) is 1. The van der Waals surface area contributed by atoms with Gasteiger partial charge in [0.25, 0.3) is 5.56 Å². The number of benzene rings is 2. The molecule has 0 atom stereocenters. The van der Waals surface area contributed by atoms with Crippen molar-refractivity contribution in [1.82, 2.24) is 9.88 Å². The molecule has 11 heteroatoms. The Hall–Kier alpha value is -3.86. The van der Waals surface area contributed by atoms with E-state index in [-0.39, 0.29) is 35.8 Å². The lowest BCUT2D eigenvalue weighted by Gasteiger charge is -2.18. The van der Waals surface area contributed by atoms with Crippen LogP contribution < -0.4 is 20.9 Å². The fourth-order valence-corrected chi connectivity index (χ4v) is 3.37. The fraction of sp³-hybridized carbons (Fsp3) is 0.250. The molecule has 35 heavy (non-hydrogen) atoms. The van der Waals surface area contributed by atoms with E-state index < -0.39 is 29.1 Å². The number of pyridine rings is 1. The topological polar surface area (TPSA) is 86.5 Å². The molecular formula is C24H24F4N4O3. The number of carbonyl (C=O) groups excluding carboxylic acids is 1. The Balaban J connectivity index is 1.76. The maximum absolute atomic E-state index is 14.7. The van der Waals surface area contributed by atoms with Gasteiger partial charge in [0, 0.05) is 24.0 Å². The molecule has 0 radical (unpaired) electrons. The SMILES string of the molecule is CCOc1cc(-c2ccc(NC(=O)Nc3ccc(CN(C)C)c(C(F)(F)F)c3)c(F)c2)c[nH]c1=O. The second kappa shape index (κ2) is 10.6. The van der Waals surface area contributed by atoms with Crippen molar-refractivity contribution in [2.75, 3.05) is 31.3 Å². The lowest BCUT2D eigenvalue weighted by atomic mass is 10.1. The van der Waals surface area contributed by atoms with Crippen molar-refractivity contribution in [2.24, 2.45) is 0 Å². The number of carbonyl (C=O) groups is 1. The van der Waals surface area contributed by atoms with Gasteiger partial charge in [-0.05, 0) is 62.5 Å². The van der Waals surface area contributed by atoms with Crippen LogP contribution in [0.15, 0.2) is 53.5 Å². The predicted octanol–water partition coefficient (Wildman–Crippen LogP) is 5.30. The van der Waals surface area contributed by atoms with Crippen LogP contribution in [0.4, 0.5) is 33.7 Å².